The van der Waals surface area contributed by atoms with E-state index in [1.54, 1.807) is 6.08 Å². The molecule has 6 nitrogen and oxygen atoms in total. The van der Waals surface area contributed by atoms with E-state index in [4.69, 9.17) is 4.74 Å². The predicted molar refractivity (Wildman–Crippen MR) is 283 cm³/mol. The molecule has 2 unspecified atom stereocenters. The molecule has 0 radical (unpaired) electrons. The minimum absolute atomic E-state index is 0.00751. The van der Waals surface area contributed by atoms with E-state index in [2.05, 4.69) is 31.3 Å². The summed E-state index contributed by atoms with van der Waals surface area (Å²) < 4.78 is 5.47. The van der Waals surface area contributed by atoms with E-state index in [1.165, 1.54) is 218 Å². The van der Waals surface area contributed by atoms with E-state index in [0.717, 1.165) is 70.6 Å². The van der Waals surface area contributed by atoms with Gasteiger partial charge < -0.3 is 20.3 Å². The summed E-state index contributed by atoms with van der Waals surface area (Å²) in [6.07, 6.45) is 66.2. The summed E-state index contributed by atoms with van der Waals surface area (Å²) in [6, 6.07) is -0.639. The van der Waals surface area contributed by atoms with E-state index in [-0.39, 0.29) is 18.5 Å². The monoisotopic (exact) mass is 916 g/mol. The molecule has 0 rings (SSSR count). The number of esters is 1. The van der Waals surface area contributed by atoms with Crippen LogP contribution in [0.25, 0.3) is 0 Å². The average Bonchev–Trinajstić information content (AvgIpc) is 3.31. The van der Waals surface area contributed by atoms with Gasteiger partial charge in [-0.15, -0.1) is 0 Å². The second-order valence-corrected chi connectivity index (χ2v) is 20.0. The molecule has 0 saturated heterocycles. The van der Waals surface area contributed by atoms with Gasteiger partial charge in [0.2, 0.25) is 5.91 Å². The van der Waals surface area contributed by atoms with Gasteiger partial charge in [-0.2, -0.15) is 0 Å². The molecular formula is C59H113NO5. The fraction of sp³-hybridized carbons (Fsp3) is 0.898. The van der Waals surface area contributed by atoms with Crippen LogP contribution in [0.5, 0.6) is 0 Å². The summed E-state index contributed by atoms with van der Waals surface area (Å²) in [5, 5.41) is 23.1. The van der Waals surface area contributed by atoms with Crippen LogP contribution in [0.2, 0.25) is 0 Å². The van der Waals surface area contributed by atoms with Crippen molar-refractivity contribution in [2.24, 2.45) is 0 Å². The number of hydrogen-bond donors (Lipinski definition) is 3. The van der Waals surface area contributed by atoms with Crippen LogP contribution in [-0.4, -0.2) is 47.4 Å². The first-order valence-corrected chi connectivity index (χ1v) is 29.1. The number of hydrogen-bond acceptors (Lipinski definition) is 5. The maximum Gasteiger partial charge on any atom is 0.305 e. The first-order valence-electron chi connectivity index (χ1n) is 29.1. The molecule has 2 atom stereocenters. The van der Waals surface area contributed by atoms with Gasteiger partial charge in [-0.05, 0) is 57.8 Å². The Morgan fingerprint density at radius 3 is 1.09 bits per heavy atom. The van der Waals surface area contributed by atoms with Crippen molar-refractivity contribution in [1.29, 1.82) is 0 Å². The number of carbonyl (C=O) groups is 2. The summed E-state index contributed by atoms with van der Waals surface area (Å²) in [7, 11) is 0. The Balaban J connectivity index is 3.49. The molecule has 0 saturated carbocycles. The lowest BCUT2D eigenvalue weighted by Gasteiger charge is -2.20. The first kappa shape index (κ1) is 63.3. The van der Waals surface area contributed by atoms with E-state index in [1.807, 2.05) is 6.08 Å². The van der Waals surface area contributed by atoms with Gasteiger partial charge in [0.15, 0.2) is 0 Å². The third kappa shape index (κ3) is 51.6. The number of amides is 1. The fourth-order valence-corrected chi connectivity index (χ4v) is 8.98. The molecule has 3 N–H and O–H groups in total. The van der Waals surface area contributed by atoms with Crippen LogP contribution in [0.3, 0.4) is 0 Å². The number of unbranched alkanes of at least 4 members (excludes halogenated alkanes) is 41. The van der Waals surface area contributed by atoms with Gasteiger partial charge in [-0.3, -0.25) is 9.59 Å². The van der Waals surface area contributed by atoms with Gasteiger partial charge in [-0.25, -0.2) is 0 Å². The predicted octanol–water partition coefficient (Wildman–Crippen LogP) is 17.9. The van der Waals surface area contributed by atoms with Gasteiger partial charge in [0, 0.05) is 12.8 Å². The van der Waals surface area contributed by atoms with Crippen molar-refractivity contribution < 1.29 is 24.5 Å². The quantitative estimate of drug-likeness (QED) is 0.0321. The second-order valence-electron chi connectivity index (χ2n) is 20.0. The van der Waals surface area contributed by atoms with Gasteiger partial charge in [0.25, 0.3) is 0 Å². The molecule has 1 amide bonds. The zero-order valence-electron chi connectivity index (χ0n) is 43.7. The Kier molecular flexibility index (Phi) is 53.5. The molecule has 0 spiro atoms. The lowest BCUT2D eigenvalue weighted by molar-refractivity contribution is -0.143. The first-order chi connectivity index (χ1) is 32.0. The highest BCUT2D eigenvalue weighted by molar-refractivity contribution is 5.76. The summed E-state index contributed by atoms with van der Waals surface area (Å²) >= 11 is 0. The van der Waals surface area contributed by atoms with Crippen molar-refractivity contribution in [3.05, 3.63) is 24.3 Å². The van der Waals surface area contributed by atoms with Crippen molar-refractivity contribution in [1.82, 2.24) is 5.32 Å². The van der Waals surface area contributed by atoms with E-state index < -0.39 is 12.1 Å². The molecule has 6 heteroatoms. The molecule has 0 aliphatic carbocycles. The highest BCUT2D eigenvalue weighted by Gasteiger charge is 2.18. The SMILES string of the molecule is CCCCCCCCCCCCCCCCC/C=C/C(O)C(CO)NC(=O)CCCCCCCCC/C=C\CCCCCCOC(=O)CCCCCCCCCCCCCCCCCC. The largest absolute Gasteiger partial charge is 0.466 e. The van der Waals surface area contributed by atoms with E-state index in [9.17, 15) is 19.8 Å². The van der Waals surface area contributed by atoms with Crippen LogP contribution in [0, 0.1) is 0 Å². The number of ether oxygens (including phenoxy) is 1. The van der Waals surface area contributed by atoms with E-state index >= 15 is 0 Å². The Hall–Kier alpha value is -1.66. The summed E-state index contributed by atoms with van der Waals surface area (Å²) in [5.74, 6) is -0.0888. The van der Waals surface area contributed by atoms with Crippen molar-refractivity contribution in [3.8, 4) is 0 Å². The number of aliphatic hydroxyl groups excluding tert-OH is 2. The molecule has 0 bridgehead atoms. The summed E-state index contributed by atoms with van der Waals surface area (Å²) in [4.78, 5) is 24.5. The normalized spacial score (nSPS) is 12.7. The lowest BCUT2D eigenvalue weighted by atomic mass is 10.0. The maximum atomic E-state index is 12.5. The minimum Gasteiger partial charge on any atom is -0.466 e. The number of nitrogens with one attached hydrogen (secondary N) is 1. The molecular weight excluding hydrogens is 803 g/mol. The van der Waals surface area contributed by atoms with Crippen molar-refractivity contribution >= 4 is 11.9 Å². The zero-order valence-corrected chi connectivity index (χ0v) is 43.7. The van der Waals surface area contributed by atoms with Gasteiger partial charge in [-0.1, -0.05) is 269 Å². The molecule has 0 aliphatic heterocycles. The number of carbonyl (C=O) groups excluding carboxylic acids is 2. The molecule has 0 aromatic rings. The summed E-state index contributed by atoms with van der Waals surface area (Å²) in [6.45, 7) is 4.89. The van der Waals surface area contributed by atoms with Crippen molar-refractivity contribution in [2.75, 3.05) is 13.2 Å². The standard InChI is InChI=1S/C59H113NO5/c1-3-5-7-9-11-13-15-17-19-21-23-27-31-35-39-43-47-51-57(62)56(55-61)60-58(63)52-48-44-40-36-32-28-24-22-26-30-34-38-42-46-50-54-65-59(64)53-49-45-41-37-33-29-25-20-18-16-14-12-10-8-6-4-2/h26,30,47,51,56-57,61-62H,3-25,27-29,31-46,48-50,52-55H2,1-2H3,(H,60,63)/b30-26-,51-47+. The van der Waals surface area contributed by atoms with Crippen LogP contribution >= 0.6 is 0 Å². The minimum atomic E-state index is -0.854. The smallest absolute Gasteiger partial charge is 0.305 e. The van der Waals surface area contributed by atoms with Crippen LogP contribution < -0.4 is 5.32 Å². The van der Waals surface area contributed by atoms with Crippen LogP contribution in [0.1, 0.15) is 316 Å². The maximum absolute atomic E-state index is 12.5. The topological polar surface area (TPSA) is 95.9 Å². The number of aliphatic hydroxyl groups is 2. The molecule has 0 aromatic carbocycles. The van der Waals surface area contributed by atoms with Crippen molar-refractivity contribution in [3.63, 3.8) is 0 Å². The Bertz CT molecular complexity index is 1010. The third-order valence-electron chi connectivity index (χ3n) is 13.5. The van der Waals surface area contributed by atoms with Crippen LogP contribution in [0.15, 0.2) is 24.3 Å². The van der Waals surface area contributed by atoms with Crippen LogP contribution in [0.4, 0.5) is 0 Å². The lowest BCUT2D eigenvalue weighted by Crippen LogP contribution is -2.45. The Morgan fingerprint density at radius 2 is 0.723 bits per heavy atom. The third-order valence-corrected chi connectivity index (χ3v) is 13.5. The average molecular weight is 917 g/mol. The number of allylic oxidation sites excluding steroid dienone is 3. The Labute approximate surface area is 405 Å². The van der Waals surface area contributed by atoms with Crippen LogP contribution in [-0.2, 0) is 14.3 Å². The molecule has 0 heterocycles. The molecule has 384 valence electrons. The fourth-order valence-electron chi connectivity index (χ4n) is 8.98. The van der Waals surface area contributed by atoms with Gasteiger partial charge in [0.1, 0.15) is 0 Å². The number of rotatable bonds is 54. The molecule has 0 aromatic heterocycles. The summed E-state index contributed by atoms with van der Waals surface area (Å²) in [5.41, 5.74) is 0. The highest BCUT2D eigenvalue weighted by atomic mass is 16.5. The van der Waals surface area contributed by atoms with Crippen molar-refractivity contribution in [2.45, 2.75) is 328 Å². The highest BCUT2D eigenvalue weighted by Crippen LogP contribution is 2.17. The van der Waals surface area contributed by atoms with Gasteiger partial charge >= 0.3 is 5.97 Å². The van der Waals surface area contributed by atoms with Gasteiger partial charge in [0.05, 0.1) is 25.4 Å². The zero-order chi connectivity index (χ0) is 47.2. The second kappa shape index (κ2) is 54.9. The van der Waals surface area contributed by atoms with E-state index in [0.29, 0.717) is 19.4 Å². The molecule has 0 aliphatic rings. The molecule has 0 fully saturated rings. The Morgan fingerprint density at radius 1 is 0.415 bits per heavy atom. The molecule has 65 heavy (non-hydrogen) atoms.